The summed E-state index contributed by atoms with van der Waals surface area (Å²) < 4.78 is 67.3. The van der Waals surface area contributed by atoms with Crippen LogP contribution in [0.15, 0.2) is 117 Å². The Morgan fingerprint density at radius 2 is 1.36 bits per heavy atom. The summed E-state index contributed by atoms with van der Waals surface area (Å²) in [6.07, 6.45) is 0.563. The minimum absolute atomic E-state index is 0.0207. The Labute approximate surface area is 264 Å². The molecule has 7 nitrogen and oxygen atoms in total. The summed E-state index contributed by atoms with van der Waals surface area (Å²) in [5.74, 6) is 0.668. The fourth-order valence-corrected chi connectivity index (χ4v) is 10.6. The van der Waals surface area contributed by atoms with Crippen molar-refractivity contribution in [2.45, 2.75) is 61.5 Å². The highest BCUT2D eigenvalue weighted by Gasteiger charge is 2.51. The van der Waals surface area contributed by atoms with E-state index >= 15 is 0 Å². The van der Waals surface area contributed by atoms with E-state index in [1.165, 1.54) is 15.6 Å². The maximum Gasteiger partial charge on any atom is 0.244 e. The molecule has 0 radical (unpaired) electrons. The molecule has 1 aromatic heterocycles. The predicted octanol–water partition coefficient (Wildman–Crippen LogP) is 7.00. The number of rotatable bonds is 8. The fraction of sp³-hybridized carbons (Fsp3) is 0.294. The van der Waals surface area contributed by atoms with Gasteiger partial charge in [0, 0.05) is 23.4 Å². The minimum atomic E-state index is -4.00. The number of sulfonamides is 2. The Hall–Kier alpha value is -3.28. The molecule has 10 heteroatoms. The van der Waals surface area contributed by atoms with Crippen LogP contribution in [0.1, 0.15) is 53.4 Å². The molecule has 0 unspecified atom stereocenters. The first-order valence-electron chi connectivity index (χ1n) is 14.7. The molecule has 1 fully saturated rings. The highest BCUT2D eigenvalue weighted by Crippen LogP contribution is 2.49. The molecule has 3 aromatic carbocycles. The van der Waals surface area contributed by atoms with Crippen LogP contribution in [-0.2, 0) is 24.8 Å². The first kappa shape index (κ1) is 30.7. The van der Waals surface area contributed by atoms with E-state index in [0.29, 0.717) is 24.4 Å². The fourth-order valence-electron chi connectivity index (χ4n) is 6.28. The van der Waals surface area contributed by atoms with Crippen LogP contribution in [0.25, 0.3) is 0 Å². The zero-order valence-electron chi connectivity index (χ0n) is 25.0. The van der Waals surface area contributed by atoms with E-state index in [1.807, 2.05) is 80.7 Å². The molecular formula is C34H36N2O5S3. The van der Waals surface area contributed by atoms with Gasteiger partial charge in [0.1, 0.15) is 5.76 Å². The second-order valence-corrected chi connectivity index (χ2v) is 16.0. The van der Waals surface area contributed by atoms with Crippen molar-refractivity contribution < 1.29 is 21.6 Å². The topological polar surface area (TPSA) is 84.0 Å². The lowest BCUT2D eigenvalue weighted by Crippen LogP contribution is -2.54. The maximum absolute atomic E-state index is 14.6. The van der Waals surface area contributed by atoms with Crippen molar-refractivity contribution in [2.24, 2.45) is 0 Å². The van der Waals surface area contributed by atoms with Crippen molar-refractivity contribution in [1.29, 1.82) is 0 Å². The number of fused-ring (bicyclic) bond motifs is 1. The van der Waals surface area contributed by atoms with Crippen LogP contribution >= 0.6 is 11.3 Å². The molecule has 0 spiro atoms. The van der Waals surface area contributed by atoms with Gasteiger partial charge in [-0.3, -0.25) is 0 Å². The van der Waals surface area contributed by atoms with Crippen molar-refractivity contribution in [3.63, 3.8) is 0 Å². The van der Waals surface area contributed by atoms with E-state index in [9.17, 15) is 16.8 Å². The first-order valence-corrected chi connectivity index (χ1v) is 18.5. The highest BCUT2D eigenvalue weighted by molar-refractivity contribution is 7.89. The standard InChI is InChI=1S/C34H36N2O5S3/c1-4-41-33-22-32(34-11-8-20-42-34)36(44(39,40)28-18-14-25(3)15-19-28)31-21-30(26-9-6-5-7-10-26)35(23-29(31)33)43(37,38)27-16-12-24(2)13-17-27/h5-20,30-32H,4,21-23H2,1-3H3/t30-,31-,32-/m0/s1. The minimum Gasteiger partial charge on any atom is -0.498 e. The predicted molar refractivity (Wildman–Crippen MR) is 173 cm³/mol. The molecule has 0 bridgehead atoms. The van der Waals surface area contributed by atoms with Crippen LogP contribution in [0.3, 0.4) is 0 Å². The lowest BCUT2D eigenvalue weighted by molar-refractivity contribution is 0.119. The van der Waals surface area contributed by atoms with Crippen molar-refractivity contribution in [2.75, 3.05) is 13.2 Å². The zero-order valence-corrected chi connectivity index (χ0v) is 27.4. The summed E-state index contributed by atoms with van der Waals surface area (Å²) in [5.41, 5.74) is 3.44. The number of nitrogens with zero attached hydrogens (tertiary/aromatic N) is 2. The van der Waals surface area contributed by atoms with Gasteiger partial charge in [-0.25, -0.2) is 16.8 Å². The average molecular weight is 649 g/mol. The van der Waals surface area contributed by atoms with E-state index in [2.05, 4.69) is 0 Å². The zero-order chi connectivity index (χ0) is 31.1. The van der Waals surface area contributed by atoms with Crippen LogP contribution in [0, 0.1) is 13.8 Å². The molecular weight excluding hydrogens is 613 g/mol. The lowest BCUT2D eigenvalue weighted by atomic mass is 9.85. The molecule has 44 heavy (non-hydrogen) atoms. The van der Waals surface area contributed by atoms with Gasteiger partial charge in [0.2, 0.25) is 20.0 Å². The number of thiophene rings is 1. The number of hydrogen-bond donors (Lipinski definition) is 0. The Morgan fingerprint density at radius 3 is 1.93 bits per heavy atom. The molecule has 0 aliphatic carbocycles. The van der Waals surface area contributed by atoms with Crippen LogP contribution in [-0.4, -0.2) is 44.6 Å². The van der Waals surface area contributed by atoms with Gasteiger partial charge in [-0.1, -0.05) is 71.8 Å². The van der Waals surface area contributed by atoms with Gasteiger partial charge in [-0.05, 0) is 68.5 Å². The first-order chi connectivity index (χ1) is 21.1. The van der Waals surface area contributed by atoms with Gasteiger partial charge >= 0.3 is 0 Å². The summed E-state index contributed by atoms with van der Waals surface area (Å²) in [7, 11) is -7.95. The molecule has 0 saturated carbocycles. The Morgan fingerprint density at radius 1 is 0.750 bits per heavy atom. The van der Waals surface area contributed by atoms with Crippen molar-refractivity contribution in [1.82, 2.24) is 8.61 Å². The average Bonchev–Trinajstić information content (AvgIpc) is 3.56. The summed E-state index contributed by atoms with van der Waals surface area (Å²) in [6.45, 7) is 6.15. The quantitative estimate of drug-likeness (QED) is 0.206. The molecule has 0 amide bonds. The van der Waals surface area contributed by atoms with E-state index in [0.717, 1.165) is 21.6 Å². The molecule has 0 N–H and O–H groups in total. The van der Waals surface area contributed by atoms with Gasteiger partial charge in [0.15, 0.2) is 0 Å². The Kier molecular flexibility index (Phi) is 8.56. The summed E-state index contributed by atoms with van der Waals surface area (Å²) in [6, 6.07) is 25.5. The molecule has 3 heterocycles. The van der Waals surface area contributed by atoms with Crippen molar-refractivity contribution in [3.05, 3.63) is 129 Å². The van der Waals surface area contributed by atoms with Crippen molar-refractivity contribution in [3.8, 4) is 0 Å². The van der Waals surface area contributed by atoms with E-state index in [1.54, 1.807) is 40.7 Å². The second kappa shape index (κ2) is 12.3. The maximum atomic E-state index is 14.6. The second-order valence-electron chi connectivity index (χ2n) is 11.3. The SMILES string of the molecule is CCOC1=C2CN(S(=O)(=O)c3ccc(C)cc3)[C@H](c3ccccc3)C[C@@H]2N(S(=O)(=O)c2ccc(C)cc2)[C@H](c2cccs2)C1. The number of piperidine rings is 1. The van der Waals surface area contributed by atoms with Gasteiger partial charge in [-0.2, -0.15) is 8.61 Å². The van der Waals surface area contributed by atoms with Gasteiger partial charge in [-0.15, -0.1) is 11.3 Å². The normalized spacial score (nSPS) is 21.7. The molecule has 1 saturated heterocycles. The smallest absolute Gasteiger partial charge is 0.244 e. The van der Waals surface area contributed by atoms with Crippen LogP contribution in [0.5, 0.6) is 0 Å². The largest absolute Gasteiger partial charge is 0.498 e. The third kappa shape index (κ3) is 5.65. The number of aryl methyl sites for hydroxylation is 2. The van der Waals surface area contributed by atoms with Crippen LogP contribution < -0.4 is 0 Å². The molecule has 4 aromatic rings. The molecule has 2 aliphatic rings. The van der Waals surface area contributed by atoms with Gasteiger partial charge < -0.3 is 4.74 Å². The summed E-state index contributed by atoms with van der Waals surface area (Å²) in [4.78, 5) is 1.34. The highest BCUT2D eigenvalue weighted by atomic mass is 32.2. The van der Waals surface area contributed by atoms with E-state index < -0.39 is 38.2 Å². The molecule has 2 aliphatic heterocycles. The van der Waals surface area contributed by atoms with E-state index in [-0.39, 0.29) is 22.8 Å². The van der Waals surface area contributed by atoms with Crippen LogP contribution in [0.4, 0.5) is 0 Å². The Balaban J connectivity index is 1.54. The number of ether oxygens (including phenoxy) is 1. The summed E-state index contributed by atoms with van der Waals surface area (Å²) >= 11 is 1.52. The Bertz CT molecular complexity index is 1850. The number of benzene rings is 3. The summed E-state index contributed by atoms with van der Waals surface area (Å²) in [5, 5.41) is 1.95. The molecule has 6 rings (SSSR count). The lowest BCUT2D eigenvalue weighted by Gasteiger charge is -2.49. The molecule has 230 valence electrons. The van der Waals surface area contributed by atoms with E-state index in [4.69, 9.17) is 4.74 Å². The van der Waals surface area contributed by atoms with Crippen molar-refractivity contribution >= 4 is 31.4 Å². The monoisotopic (exact) mass is 648 g/mol. The van der Waals surface area contributed by atoms with Gasteiger partial charge in [0.05, 0.1) is 34.5 Å². The third-order valence-electron chi connectivity index (χ3n) is 8.47. The van der Waals surface area contributed by atoms with Crippen LogP contribution in [0.2, 0.25) is 0 Å². The van der Waals surface area contributed by atoms with Gasteiger partial charge in [0.25, 0.3) is 0 Å². The molecule has 3 atom stereocenters. The third-order valence-corrected chi connectivity index (χ3v) is 13.2. The number of hydrogen-bond acceptors (Lipinski definition) is 6.